The van der Waals surface area contributed by atoms with Gasteiger partial charge in [0.05, 0.1) is 17.2 Å². The third-order valence-electron chi connectivity index (χ3n) is 3.66. The number of hydrogen-bond acceptors (Lipinski definition) is 7. The Morgan fingerprint density at radius 3 is 2.80 bits per heavy atom. The van der Waals surface area contributed by atoms with Crippen molar-refractivity contribution in [3.8, 4) is 11.4 Å². The second kappa shape index (κ2) is 6.04. The molecule has 0 aliphatic rings. The fourth-order valence-corrected chi connectivity index (χ4v) is 2.53. The summed E-state index contributed by atoms with van der Waals surface area (Å²) in [6.07, 6.45) is 3.11. The Labute approximate surface area is 141 Å². The second-order valence-electron chi connectivity index (χ2n) is 5.28. The van der Waals surface area contributed by atoms with E-state index in [1.807, 2.05) is 18.2 Å². The Kier molecular flexibility index (Phi) is 3.58. The lowest BCUT2D eigenvalue weighted by atomic mass is 10.2. The molecule has 0 fully saturated rings. The molecule has 25 heavy (non-hydrogen) atoms. The minimum atomic E-state index is -0.426. The number of nitro benzene ring substituents is 1. The molecule has 0 atom stereocenters. The van der Waals surface area contributed by atoms with Gasteiger partial charge in [0.25, 0.3) is 5.69 Å². The number of nitro groups is 1. The van der Waals surface area contributed by atoms with Crippen LogP contribution in [0.2, 0.25) is 0 Å². The van der Waals surface area contributed by atoms with Crippen LogP contribution in [0.5, 0.6) is 0 Å². The molecule has 0 spiro atoms. The van der Waals surface area contributed by atoms with E-state index >= 15 is 0 Å². The van der Waals surface area contributed by atoms with Crippen LogP contribution in [-0.2, 0) is 6.54 Å². The van der Waals surface area contributed by atoms with Crippen molar-refractivity contribution in [3.63, 3.8) is 0 Å². The van der Waals surface area contributed by atoms with Crippen molar-refractivity contribution in [2.45, 2.75) is 6.54 Å². The van der Waals surface area contributed by atoms with Gasteiger partial charge in [0.15, 0.2) is 11.2 Å². The van der Waals surface area contributed by atoms with E-state index in [0.717, 1.165) is 5.56 Å². The van der Waals surface area contributed by atoms with Gasteiger partial charge in [-0.2, -0.15) is 0 Å². The number of aromatic nitrogens is 6. The maximum absolute atomic E-state index is 10.9. The third kappa shape index (κ3) is 2.78. The molecule has 0 aliphatic heterocycles. The van der Waals surface area contributed by atoms with Crippen LogP contribution in [0.15, 0.2) is 55.0 Å². The second-order valence-corrected chi connectivity index (χ2v) is 5.28. The zero-order valence-electron chi connectivity index (χ0n) is 12.9. The van der Waals surface area contributed by atoms with E-state index in [0.29, 0.717) is 29.1 Å². The van der Waals surface area contributed by atoms with Crippen molar-refractivity contribution in [1.82, 2.24) is 29.9 Å². The Bertz CT molecular complexity index is 1060. The first kappa shape index (κ1) is 14.8. The van der Waals surface area contributed by atoms with Gasteiger partial charge in [-0.3, -0.25) is 15.1 Å². The Hall–Kier alpha value is -3.75. The number of fused-ring (bicyclic) bond motifs is 1. The fourth-order valence-electron chi connectivity index (χ4n) is 2.53. The monoisotopic (exact) mass is 333 g/mol. The minimum absolute atomic E-state index is 0.0331. The number of nitrogens with zero attached hydrogens (tertiary/aromatic N) is 7. The highest BCUT2D eigenvalue weighted by molar-refractivity contribution is 5.85. The van der Waals surface area contributed by atoms with Crippen LogP contribution in [0.25, 0.3) is 22.6 Å². The molecule has 0 radical (unpaired) electrons. The van der Waals surface area contributed by atoms with Crippen LogP contribution in [0, 0.1) is 10.1 Å². The highest BCUT2D eigenvalue weighted by atomic mass is 16.6. The highest BCUT2D eigenvalue weighted by Crippen LogP contribution is 2.22. The summed E-state index contributed by atoms with van der Waals surface area (Å²) in [5.41, 5.74) is 3.12. The maximum Gasteiger partial charge on any atom is 0.269 e. The number of pyridine rings is 1. The average Bonchev–Trinajstić information content (AvgIpc) is 3.06. The smallest absolute Gasteiger partial charge is 0.258 e. The SMILES string of the molecule is O=[N+]([O-])c1cccc(Cn2nnc3c(-c4ccccn4)ncnc32)c1. The molecule has 4 aromatic rings. The lowest BCUT2D eigenvalue weighted by molar-refractivity contribution is -0.384. The molecule has 3 aromatic heterocycles. The van der Waals surface area contributed by atoms with Gasteiger partial charge in [-0.25, -0.2) is 14.6 Å². The lowest BCUT2D eigenvalue weighted by Gasteiger charge is -2.03. The summed E-state index contributed by atoms with van der Waals surface area (Å²) in [4.78, 5) is 23.3. The van der Waals surface area contributed by atoms with Crippen molar-refractivity contribution < 1.29 is 4.92 Å². The summed E-state index contributed by atoms with van der Waals surface area (Å²) in [5, 5.41) is 19.2. The molecule has 0 saturated heterocycles. The number of non-ortho nitro benzene ring substituents is 1. The van der Waals surface area contributed by atoms with Gasteiger partial charge < -0.3 is 0 Å². The molecule has 122 valence electrons. The topological polar surface area (TPSA) is 113 Å². The molecular formula is C16H11N7O2. The van der Waals surface area contributed by atoms with E-state index in [4.69, 9.17) is 0 Å². The molecule has 9 heteroatoms. The van der Waals surface area contributed by atoms with E-state index in [1.54, 1.807) is 23.0 Å². The molecule has 0 N–H and O–H groups in total. The zero-order valence-corrected chi connectivity index (χ0v) is 12.9. The molecule has 3 heterocycles. The molecular weight excluding hydrogens is 322 g/mol. The van der Waals surface area contributed by atoms with Gasteiger partial charge in [-0.15, -0.1) is 5.10 Å². The third-order valence-corrected chi connectivity index (χ3v) is 3.66. The Balaban J connectivity index is 1.75. The van der Waals surface area contributed by atoms with Gasteiger partial charge >= 0.3 is 0 Å². The van der Waals surface area contributed by atoms with Gasteiger partial charge in [0, 0.05) is 18.3 Å². The molecule has 9 nitrogen and oxygen atoms in total. The fraction of sp³-hybridized carbons (Fsp3) is 0.0625. The van der Waals surface area contributed by atoms with Crippen molar-refractivity contribution in [2.75, 3.05) is 0 Å². The quantitative estimate of drug-likeness (QED) is 0.416. The first-order valence-corrected chi connectivity index (χ1v) is 7.41. The molecule has 0 saturated carbocycles. The van der Waals surface area contributed by atoms with Crippen LogP contribution in [0.1, 0.15) is 5.56 Å². The van der Waals surface area contributed by atoms with Crippen LogP contribution >= 0.6 is 0 Å². The zero-order chi connectivity index (χ0) is 17.2. The molecule has 0 aliphatic carbocycles. The summed E-state index contributed by atoms with van der Waals surface area (Å²) in [6, 6.07) is 11.9. The van der Waals surface area contributed by atoms with Crippen molar-refractivity contribution in [1.29, 1.82) is 0 Å². The highest BCUT2D eigenvalue weighted by Gasteiger charge is 2.15. The normalized spacial score (nSPS) is 10.9. The molecule has 4 rings (SSSR count). The first-order valence-electron chi connectivity index (χ1n) is 7.41. The summed E-state index contributed by atoms with van der Waals surface area (Å²) in [6.45, 7) is 0.316. The molecule has 0 bridgehead atoms. The molecule has 1 aromatic carbocycles. The standard InChI is InChI=1S/C16H11N7O2/c24-23(25)12-5-3-4-11(8-12)9-22-16-15(20-21-22)14(18-10-19-16)13-6-1-2-7-17-13/h1-8,10H,9H2. The van der Waals surface area contributed by atoms with Crippen molar-refractivity contribution in [2.24, 2.45) is 0 Å². The minimum Gasteiger partial charge on any atom is -0.258 e. The Morgan fingerprint density at radius 1 is 1.08 bits per heavy atom. The van der Waals surface area contributed by atoms with Gasteiger partial charge in [0.2, 0.25) is 0 Å². The maximum atomic E-state index is 10.9. The number of hydrogen-bond donors (Lipinski definition) is 0. The van der Waals surface area contributed by atoms with Crippen LogP contribution in [0.4, 0.5) is 5.69 Å². The predicted molar refractivity (Wildman–Crippen MR) is 88.5 cm³/mol. The van der Waals surface area contributed by atoms with Crippen molar-refractivity contribution in [3.05, 3.63) is 70.7 Å². The summed E-state index contributed by atoms with van der Waals surface area (Å²) in [5.74, 6) is 0. The van der Waals surface area contributed by atoms with E-state index in [9.17, 15) is 10.1 Å². The van der Waals surface area contributed by atoms with Crippen LogP contribution < -0.4 is 0 Å². The van der Waals surface area contributed by atoms with E-state index < -0.39 is 4.92 Å². The van der Waals surface area contributed by atoms with Gasteiger partial charge in [-0.1, -0.05) is 23.4 Å². The molecule has 0 amide bonds. The van der Waals surface area contributed by atoms with Gasteiger partial charge in [0.1, 0.15) is 12.0 Å². The van der Waals surface area contributed by atoms with Crippen molar-refractivity contribution >= 4 is 16.9 Å². The first-order chi connectivity index (χ1) is 12.2. The molecule has 0 unspecified atom stereocenters. The summed E-state index contributed by atoms with van der Waals surface area (Å²) < 4.78 is 1.59. The van der Waals surface area contributed by atoms with E-state index in [2.05, 4.69) is 25.3 Å². The average molecular weight is 333 g/mol. The van der Waals surface area contributed by atoms with Crippen LogP contribution in [0.3, 0.4) is 0 Å². The number of rotatable bonds is 4. The van der Waals surface area contributed by atoms with Gasteiger partial charge in [-0.05, 0) is 17.7 Å². The van der Waals surface area contributed by atoms with E-state index in [-0.39, 0.29) is 5.69 Å². The lowest BCUT2D eigenvalue weighted by Crippen LogP contribution is -2.03. The van der Waals surface area contributed by atoms with Crippen LogP contribution in [-0.4, -0.2) is 34.9 Å². The van der Waals surface area contributed by atoms with E-state index in [1.165, 1.54) is 18.5 Å². The Morgan fingerprint density at radius 2 is 2.00 bits per heavy atom. The summed E-state index contributed by atoms with van der Waals surface area (Å²) >= 11 is 0. The largest absolute Gasteiger partial charge is 0.269 e. The summed E-state index contributed by atoms with van der Waals surface area (Å²) in [7, 11) is 0. The number of benzene rings is 1. The predicted octanol–water partition coefficient (Wildman–Crippen LogP) is 2.24.